The highest BCUT2D eigenvalue weighted by molar-refractivity contribution is 7.92. The Hall–Kier alpha value is -3.57. The number of benzene rings is 3. The van der Waals surface area contributed by atoms with Crippen molar-refractivity contribution in [2.45, 2.75) is 24.4 Å². The van der Waals surface area contributed by atoms with Crippen LogP contribution in [0.1, 0.15) is 30.0 Å². The molecule has 0 aliphatic carbocycles. The molecule has 0 saturated carbocycles. The third-order valence-corrected chi connectivity index (χ3v) is 7.71. The van der Waals surface area contributed by atoms with Crippen LogP contribution in [0.15, 0.2) is 65.6 Å². The Morgan fingerprint density at radius 2 is 1.82 bits per heavy atom. The molecule has 0 saturated heterocycles. The van der Waals surface area contributed by atoms with Gasteiger partial charge < -0.3 is 9.47 Å². The minimum Gasteiger partial charge on any atom is -0.489 e. The van der Waals surface area contributed by atoms with E-state index >= 15 is 0 Å². The topological polar surface area (TPSA) is 72.9 Å². The molecular formula is C27H24ClF4NO5S. The summed E-state index contributed by atoms with van der Waals surface area (Å²) in [5.74, 6) is -0.455. The molecule has 0 fully saturated rings. The number of halogens is 5. The van der Waals surface area contributed by atoms with Crippen LogP contribution in [0, 0.1) is 5.82 Å². The van der Waals surface area contributed by atoms with Crippen LogP contribution < -0.4 is 9.04 Å². The van der Waals surface area contributed by atoms with E-state index in [1.165, 1.54) is 25.3 Å². The van der Waals surface area contributed by atoms with E-state index in [2.05, 4.69) is 4.74 Å². The maximum Gasteiger partial charge on any atom is 0.416 e. The molecule has 12 heteroatoms. The molecule has 0 N–H and O–H groups in total. The molecule has 6 nitrogen and oxygen atoms in total. The summed E-state index contributed by atoms with van der Waals surface area (Å²) in [5.41, 5.74) is 0.120. The van der Waals surface area contributed by atoms with Crippen LogP contribution in [0.4, 0.5) is 23.2 Å². The minimum absolute atomic E-state index is 0.0410. The standard InChI is InChI=1S/C23H16ClF4NO3S.C4H8O2/c24-22-16(3-1-6-19(22)25)9-7-15-8-10-21-20(13-15)29(11-12-32-21)33(30,31)18-5-2-4-17(14-18)23(26,27)28;1-3-4(5)6-2/h1-10,13-14H,11-12H2;3H2,1-2H3/b9-7+;. The molecule has 0 unspecified atom stereocenters. The van der Waals surface area contributed by atoms with E-state index in [9.17, 15) is 30.8 Å². The van der Waals surface area contributed by atoms with Crippen LogP contribution in [0.2, 0.25) is 5.02 Å². The van der Waals surface area contributed by atoms with Gasteiger partial charge in [-0.2, -0.15) is 13.2 Å². The van der Waals surface area contributed by atoms with Gasteiger partial charge in [-0.05, 0) is 47.5 Å². The van der Waals surface area contributed by atoms with Crippen molar-refractivity contribution in [1.29, 1.82) is 0 Å². The van der Waals surface area contributed by atoms with E-state index < -0.39 is 32.5 Å². The lowest BCUT2D eigenvalue weighted by Crippen LogP contribution is -2.38. The van der Waals surface area contributed by atoms with Gasteiger partial charge in [-0.15, -0.1) is 0 Å². The highest BCUT2D eigenvalue weighted by Crippen LogP contribution is 2.38. The van der Waals surface area contributed by atoms with Crippen molar-refractivity contribution in [2.75, 3.05) is 24.6 Å². The summed E-state index contributed by atoms with van der Waals surface area (Å²) in [6.45, 7) is 1.72. The summed E-state index contributed by atoms with van der Waals surface area (Å²) < 4.78 is 90.2. The number of nitrogens with zero attached hydrogens (tertiary/aromatic N) is 1. The predicted molar refractivity (Wildman–Crippen MR) is 141 cm³/mol. The summed E-state index contributed by atoms with van der Waals surface area (Å²) in [7, 11) is -2.92. The second-order valence-electron chi connectivity index (χ2n) is 8.08. The van der Waals surface area contributed by atoms with Gasteiger partial charge in [0.15, 0.2) is 0 Å². The molecule has 0 bridgehead atoms. The van der Waals surface area contributed by atoms with Crippen molar-refractivity contribution in [2.24, 2.45) is 0 Å². The largest absolute Gasteiger partial charge is 0.489 e. The van der Waals surface area contributed by atoms with Crippen molar-refractivity contribution < 1.29 is 40.2 Å². The molecule has 3 aromatic carbocycles. The summed E-state index contributed by atoms with van der Waals surface area (Å²) in [5, 5.41) is -0.0520. The first-order valence-electron chi connectivity index (χ1n) is 11.5. The zero-order valence-corrected chi connectivity index (χ0v) is 22.4. The Balaban J connectivity index is 0.000000631. The van der Waals surface area contributed by atoms with Gasteiger partial charge in [0.25, 0.3) is 10.0 Å². The first-order chi connectivity index (χ1) is 18.4. The minimum atomic E-state index is -4.68. The molecule has 4 rings (SSSR count). The smallest absolute Gasteiger partial charge is 0.416 e. The lowest BCUT2D eigenvalue weighted by molar-refractivity contribution is -0.140. The van der Waals surface area contributed by atoms with Gasteiger partial charge in [-0.25, -0.2) is 12.8 Å². The lowest BCUT2D eigenvalue weighted by Gasteiger charge is -2.31. The van der Waals surface area contributed by atoms with E-state index in [-0.39, 0.29) is 35.6 Å². The summed E-state index contributed by atoms with van der Waals surface area (Å²) >= 11 is 5.96. The molecule has 0 aromatic heterocycles. The molecule has 208 valence electrons. The number of anilines is 1. The lowest BCUT2D eigenvalue weighted by atomic mass is 10.1. The Morgan fingerprint density at radius 1 is 1.10 bits per heavy atom. The number of carbonyl (C=O) groups is 1. The average molecular weight is 586 g/mol. The van der Waals surface area contributed by atoms with Crippen molar-refractivity contribution in [3.05, 3.63) is 88.2 Å². The van der Waals surface area contributed by atoms with Crippen LogP contribution in [0.25, 0.3) is 12.2 Å². The highest BCUT2D eigenvalue weighted by Gasteiger charge is 2.34. The second-order valence-corrected chi connectivity index (χ2v) is 10.3. The summed E-state index contributed by atoms with van der Waals surface area (Å²) in [4.78, 5) is 9.48. The Labute approximate surface area is 228 Å². The Bertz CT molecular complexity index is 1470. The number of fused-ring (bicyclic) bond motifs is 1. The van der Waals surface area contributed by atoms with Crippen LogP contribution in [-0.4, -0.2) is 34.6 Å². The average Bonchev–Trinajstić information content (AvgIpc) is 2.92. The van der Waals surface area contributed by atoms with Crippen LogP contribution >= 0.6 is 11.6 Å². The third kappa shape index (κ3) is 7.30. The van der Waals surface area contributed by atoms with Crippen LogP contribution in [0.3, 0.4) is 0 Å². The molecule has 1 aliphatic heterocycles. The zero-order valence-electron chi connectivity index (χ0n) is 20.8. The number of alkyl halides is 3. The summed E-state index contributed by atoms with van der Waals surface area (Å²) in [6.07, 6.45) is -1.02. The number of esters is 1. The quantitative estimate of drug-likeness (QED) is 0.187. The Kier molecular flexibility index (Phi) is 9.63. The van der Waals surface area contributed by atoms with Gasteiger partial charge >= 0.3 is 12.1 Å². The third-order valence-electron chi connectivity index (χ3n) is 5.51. The van der Waals surface area contributed by atoms with Crippen LogP contribution in [-0.2, 0) is 25.7 Å². The highest BCUT2D eigenvalue weighted by atomic mass is 35.5. The number of hydrogen-bond donors (Lipinski definition) is 0. The molecule has 3 aromatic rings. The van der Waals surface area contributed by atoms with E-state index in [1.807, 2.05) is 0 Å². The maximum atomic E-state index is 13.6. The van der Waals surface area contributed by atoms with Crippen molar-refractivity contribution in [3.63, 3.8) is 0 Å². The van der Waals surface area contributed by atoms with Gasteiger partial charge in [0.2, 0.25) is 0 Å². The van der Waals surface area contributed by atoms with Gasteiger partial charge in [0, 0.05) is 6.42 Å². The van der Waals surface area contributed by atoms with Crippen molar-refractivity contribution in [3.8, 4) is 5.75 Å². The predicted octanol–water partition coefficient (Wildman–Crippen LogP) is 6.83. The van der Waals surface area contributed by atoms with Crippen molar-refractivity contribution >= 4 is 45.4 Å². The molecule has 0 amide bonds. The molecule has 0 atom stereocenters. The summed E-state index contributed by atoms with van der Waals surface area (Å²) in [6, 6.07) is 12.7. The van der Waals surface area contributed by atoms with Crippen LogP contribution in [0.5, 0.6) is 5.75 Å². The number of methoxy groups -OCH3 is 1. The molecular weight excluding hydrogens is 562 g/mol. The van der Waals surface area contributed by atoms with Gasteiger partial charge in [0.1, 0.15) is 18.2 Å². The van der Waals surface area contributed by atoms with Gasteiger partial charge in [-0.3, -0.25) is 9.10 Å². The van der Waals surface area contributed by atoms with E-state index in [0.717, 1.165) is 22.5 Å². The number of hydrogen-bond acceptors (Lipinski definition) is 5. The molecule has 39 heavy (non-hydrogen) atoms. The fourth-order valence-electron chi connectivity index (χ4n) is 3.50. The van der Waals surface area contributed by atoms with Gasteiger partial charge in [-0.1, -0.05) is 54.9 Å². The fraction of sp³-hybridized carbons (Fsp3) is 0.222. The first-order valence-corrected chi connectivity index (χ1v) is 13.4. The zero-order chi connectivity index (χ0) is 28.8. The number of rotatable bonds is 5. The first kappa shape index (κ1) is 30.0. The van der Waals surface area contributed by atoms with E-state index in [0.29, 0.717) is 23.6 Å². The SMILES string of the molecule is CCC(=O)OC.O=S(=O)(c1cccc(C(F)(F)F)c1)N1CCOc2ccc(/C=C/c3cccc(F)c3Cl)cc21. The molecule has 1 aliphatic rings. The number of ether oxygens (including phenoxy) is 2. The number of carbonyl (C=O) groups excluding carboxylic acids is 1. The Morgan fingerprint density at radius 3 is 2.46 bits per heavy atom. The second kappa shape index (κ2) is 12.5. The maximum absolute atomic E-state index is 13.6. The normalized spacial score (nSPS) is 13.3. The molecule has 0 spiro atoms. The fourth-order valence-corrected chi connectivity index (χ4v) is 5.19. The molecule has 0 radical (unpaired) electrons. The van der Waals surface area contributed by atoms with E-state index in [1.54, 1.807) is 37.3 Å². The van der Waals surface area contributed by atoms with Crippen molar-refractivity contribution in [1.82, 2.24) is 0 Å². The number of sulfonamides is 1. The van der Waals surface area contributed by atoms with Gasteiger partial charge in [0.05, 0.1) is 34.8 Å². The molecule has 1 heterocycles. The van der Waals surface area contributed by atoms with E-state index in [4.69, 9.17) is 16.3 Å². The monoisotopic (exact) mass is 585 g/mol.